The molecule has 0 saturated heterocycles. The maximum absolute atomic E-state index is 11.7. The number of H-pyrrole nitrogens is 1. The molecule has 1 heterocycles. The zero-order chi connectivity index (χ0) is 12.3. The lowest BCUT2D eigenvalue weighted by Gasteiger charge is -2.01. The fourth-order valence-electron chi connectivity index (χ4n) is 1.74. The number of nitrogens with zero attached hydrogens (tertiary/aromatic N) is 1. The van der Waals surface area contributed by atoms with E-state index >= 15 is 0 Å². The second kappa shape index (κ2) is 4.91. The van der Waals surface area contributed by atoms with Gasteiger partial charge in [0.15, 0.2) is 0 Å². The van der Waals surface area contributed by atoms with Crippen molar-refractivity contribution in [2.24, 2.45) is 0 Å². The van der Waals surface area contributed by atoms with Crippen LogP contribution in [0.15, 0.2) is 29.1 Å². The van der Waals surface area contributed by atoms with Crippen LogP contribution in [0.3, 0.4) is 0 Å². The van der Waals surface area contributed by atoms with Gasteiger partial charge in [0.25, 0.3) is 5.56 Å². The summed E-state index contributed by atoms with van der Waals surface area (Å²) in [6, 6.07) is 7.30. The van der Waals surface area contributed by atoms with E-state index < -0.39 is 0 Å². The first-order chi connectivity index (χ1) is 8.20. The number of carbonyl (C=O) groups excluding carboxylic acids is 1. The molecule has 0 unspecified atom stereocenters. The summed E-state index contributed by atoms with van der Waals surface area (Å²) in [6.07, 6.45) is 1.41. The van der Waals surface area contributed by atoms with Gasteiger partial charge >= 0.3 is 0 Å². The molecule has 1 N–H and O–H groups in total. The van der Waals surface area contributed by atoms with Gasteiger partial charge in [-0.25, -0.2) is 4.98 Å². The SMILES string of the molecule is CCCC(=O)Cc1nc2ccccc2[nH]c1=O. The van der Waals surface area contributed by atoms with Gasteiger partial charge in [0.05, 0.1) is 17.5 Å². The van der Waals surface area contributed by atoms with E-state index in [4.69, 9.17) is 0 Å². The highest BCUT2D eigenvalue weighted by Gasteiger charge is 2.09. The Morgan fingerprint density at radius 3 is 2.88 bits per heavy atom. The number of ketones is 1. The normalized spacial score (nSPS) is 10.6. The van der Waals surface area contributed by atoms with Gasteiger partial charge in [-0.15, -0.1) is 0 Å². The third-order valence-electron chi connectivity index (χ3n) is 2.56. The van der Waals surface area contributed by atoms with Crippen LogP contribution in [0.25, 0.3) is 11.0 Å². The van der Waals surface area contributed by atoms with E-state index in [9.17, 15) is 9.59 Å². The standard InChI is InChI=1S/C13H14N2O2/c1-2-5-9(16)8-12-13(17)15-11-7-4-3-6-10(11)14-12/h3-4,6-7H,2,5,8H2,1H3,(H,15,17). The van der Waals surface area contributed by atoms with Gasteiger partial charge in [0.1, 0.15) is 11.5 Å². The summed E-state index contributed by atoms with van der Waals surface area (Å²) in [4.78, 5) is 30.2. The van der Waals surface area contributed by atoms with Crippen LogP contribution in [0.5, 0.6) is 0 Å². The molecule has 88 valence electrons. The van der Waals surface area contributed by atoms with Crippen molar-refractivity contribution >= 4 is 16.8 Å². The van der Waals surface area contributed by atoms with E-state index in [0.29, 0.717) is 23.1 Å². The average molecular weight is 230 g/mol. The van der Waals surface area contributed by atoms with E-state index in [0.717, 1.165) is 6.42 Å². The van der Waals surface area contributed by atoms with Gasteiger partial charge < -0.3 is 4.98 Å². The van der Waals surface area contributed by atoms with Gasteiger partial charge in [-0.2, -0.15) is 0 Å². The first-order valence-corrected chi connectivity index (χ1v) is 5.70. The topological polar surface area (TPSA) is 62.8 Å². The highest BCUT2D eigenvalue weighted by Crippen LogP contribution is 2.06. The molecule has 0 atom stereocenters. The number of Topliss-reactive ketones (excluding diaryl/α,β-unsaturated/α-hetero) is 1. The van der Waals surface area contributed by atoms with E-state index in [1.807, 2.05) is 25.1 Å². The summed E-state index contributed by atoms with van der Waals surface area (Å²) in [5.74, 6) is 0.0563. The number of fused-ring (bicyclic) bond motifs is 1. The molecule has 0 spiro atoms. The van der Waals surface area contributed by atoms with Crippen molar-refractivity contribution in [2.45, 2.75) is 26.2 Å². The molecule has 0 saturated carbocycles. The molecule has 0 radical (unpaired) electrons. The third kappa shape index (κ3) is 2.58. The molecule has 0 amide bonds. The Morgan fingerprint density at radius 2 is 2.12 bits per heavy atom. The quantitative estimate of drug-likeness (QED) is 0.871. The molecule has 17 heavy (non-hydrogen) atoms. The van der Waals surface area contributed by atoms with Crippen molar-refractivity contribution in [1.29, 1.82) is 0 Å². The molecule has 0 bridgehead atoms. The summed E-state index contributed by atoms with van der Waals surface area (Å²) < 4.78 is 0. The van der Waals surface area contributed by atoms with Gasteiger partial charge in [-0.1, -0.05) is 19.1 Å². The summed E-state index contributed by atoms with van der Waals surface area (Å²) in [6.45, 7) is 1.94. The first-order valence-electron chi connectivity index (χ1n) is 5.70. The summed E-state index contributed by atoms with van der Waals surface area (Å²) in [7, 11) is 0. The fraction of sp³-hybridized carbons (Fsp3) is 0.308. The number of hydrogen-bond donors (Lipinski definition) is 1. The van der Waals surface area contributed by atoms with Crippen LogP contribution in [0.2, 0.25) is 0 Å². The van der Waals surface area contributed by atoms with Crippen LogP contribution in [-0.4, -0.2) is 15.8 Å². The first kappa shape index (κ1) is 11.5. The second-order valence-corrected chi connectivity index (χ2v) is 4.00. The Balaban J connectivity index is 2.37. The molecule has 0 aliphatic rings. The minimum Gasteiger partial charge on any atom is -0.319 e. The average Bonchev–Trinajstić information content (AvgIpc) is 2.30. The lowest BCUT2D eigenvalue weighted by molar-refractivity contribution is -0.118. The predicted octanol–water partition coefficient (Wildman–Crippen LogP) is 1.83. The number of rotatable bonds is 4. The Hall–Kier alpha value is -1.97. The van der Waals surface area contributed by atoms with Crippen molar-refractivity contribution in [3.63, 3.8) is 0 Å². The van der Waals surface area contributed by atoms with Crippen LogP contribution in [-0.2, 0) is 11.2 Å². The molecule has 2 rings (SSSR count). The van der Waals surface area contributed by atoms with Crippen molar-refractivity contribution in [3.8, 4) is 0 Å². The molecule has 4 heteroatoms. The number of benzene rings is 1. The molecule has 0 aliphatic carbocycles. The summed E-state index contributed by atoms with van der Waals surface area (Å²) in [5.41, 5.74) is 1.45. The number of para-hydroxylation sites is 2. The van der Waals surface area contributed by atoms with Gasteiger partial charge in [-0.05, 0) is 18.6 Å². The molecule has 1 aromatic heterocycles. The maximum Gasteiger partial charge on any atom is 0.270 e. The smallest absolute Gasteiger partial charge is 0.270 e. The van der Waals surface area contributed by atoms with Crippen LogP contribution in [0, 0.1) is 0 Å². The lowest BCUT2D eigenvalue weighted by Crippen LogP contribution is -2.18. The minimum absolute atomic E-state index is 0.0563. The molecular weight excluding hydrogens is 216 g/mol. The number of nitrogens with one attached hydrogen (secondary N) is 1. The van der Waals surface area contributed by atoms with E-state index in [1.54, 1.807) is 6.07 Å². The lowest BCUT2D eigenvalue weighted by atomic mass is 10.1. The minimum atomic E-state index is -0.270. The predicted molar refractivity (Wildman–Crippen MR) is 66.0 cm³/mol. The largest absolute Gasteiger partial charge is 0.319 e. The van der Waals surface area contributed by atoms with Gasteiger partial charge in [0, 0.05) is 6.42 Å². The molecule has 2 aromatic rings. The van der Waals surface area contributed by atoms with Gasteiger partial charge in [0.2, 0.25) is 0 Å². The van der Waals surface area contributed by atoms with Crippen molar-refractivity contribution < 1.29 is 4.79 Å². The monoisotopic (exact) mass is 230 g/mol. The number of hydrogen-bond acceptors (Lipinski definition) is 3. The summed E-state index contributed by atoms with van der Waals surface area (Å²) >= 11 is 0. The van der Waals surface area contributed by atoms with Crippen LogP contribution < -0.4 is 5.56 Å². The zero-order valence-corrected chi connectivity index (χ0v) is 9.69. The molecular formula is C13H14N2O2. The Labute approximate surface area is 98.7 Å². The van der Waals surface area contributed by atoms with Crippen molar-refractivity contribution in [1.82, 2.24) is 9.97 Å². The van der Waals surface area contributed by atoms with Crippen LogP contribution in [0.1, 0.15) is 25.5 Å². The van der Waals surface area contributed by atoms with Crippen molar-refractivity contribution in [2.75, 3.05) is 0 Å². The summed E-state index contributed by atoms with van der Waals surface area (Å²) in [5, 5.41) is 0. The highest BCUT2D eigenvalue weighted by atomic mass is 16.1. The number of carbonyl (C=O) groups is 1. The molecule has 0 aliphatic heterocycles. The maximum atomic E-state index is 11.7. The second-order valence-electron chi connectivity index (χ2n) is 4.00. The Morgan fingerprint density at radius 1 is 1.35 bits per heavy atom. The number of aromatic nitrogens is 2. The van der Waals surface area contributed by atoms with Crippen LogP contribution in [0.4, 0.5) is 0 Å². The fourth-order valence-corrected chi connectivity index (χ4v) is 1.74. The Kier molecular flexibility index (Phi) is 3.32. The zero-order valence-electron chi connectivity index (χ0n) is 9.69. The van der Waals surface area contributed by atoms with E-state index in [1.165, 1.54) is 0 Å². The molecule has 4 nitrogen and oxygen atoms in total. The molecule has 1 aromatic carbocycles. The highest BCUT2D eigenvalue weighted by molar-refractivity contribution is 5.81. The molecule has 0 fully saturated rings. The van der Waals surface area contributed by atoms with Crippen molar-refractivity contribution in [3.05, 3.63) is 40.3 Å². The van der Waals surface area contributed by atoms with Crippen LogP contribution >= 0.6 is 0 Å². The third-order valence-corrected chi connectivity index (χ3v) is 2.56. The van der Waals surface area contributed by atoms with E-state index in [2.05, 4.69) is 9.97 Å². The van der Waals surface area contributed by atoms with Gasteiger partial charge in [-0.3, -0.25) is 9.59 Å². The van der Waals surface area contributed by atoms with E-state index in [-0.39, 0.29) is 17.8 Å². The Bertz CT molecular complexity index is 602. The number of aromatic amines is 1.